The second-order valence-corrected chi connectivity index (χ2v) is 5.65. The normalized spacial score (nSPS) is 10.4. The first kappa shape index (κ1) is 16.1. The minimum absolute atomic E-state index is 0.0586. The minimum Gasteiger partial charge on any atom is -0.330 e. The third kappa shape index (κ3) is 7.23. The molecule has 0 aliphatic carbocycles. The van der Waals surface area contributed by atoms with Crippen LogP contribution in [0.15, 0.2) is 24.3 Å². The first-order chi connectivity index (χ1) is 9.26. The Morgan fingerprint density at radius 1 is 1.26 bits per heavy atom. The summed E-state index contributed by atoms with van der Waals surface area (Å²) in [6, 6.07) is 8.14. The SMILES string of the molecule is CCCCc1ccc(NC(=O)CSCCCN)cc1. The van der Waals surface area contributed by atoms with E-state index in [0.29, 0.717) is 12.3 Å². The molecule has 0 aliphatic rings. The predicted molar refractivity (Wildman–Crippen MR) is 84.7 cm³/mol. The largest absolute Gasteiger partial charge is 0.330 e. The smallest absolute Gasteiger partial charge is 0.234 e. The van der Waals surface area contributed by atoms with Crippen molar-refractivity contribution in [1.29, 1.82) is 0 Å². The fourth-order valence-electron chi connectivity index (χ4n) is 1.68. The van der Waals surface area contributed by atoms with Crippen LogP contribution in [0.2, 0.25) is 0 Å². The van der Waals surface area contributed by atoms with E-state index >= 15 is 0 Å². The molecule has 0 saturated heterocycles. The lowest BCUT2D eigenvalue weighted by molar-refractivity contribution is -0.113. The number of anilines is 1. The van der Waals surface area contributed by atoms with E-state index < -0.39 is 0 Å². The van der Waals surface area contributed by atoms with Crippen LogP contribution in [0.25, 0.3) is 0 Å². The molecule has 1 aromatic rings. The van der Waals surface area contributed by atoms with Crippen LogP contribution >= 0.6 is 11.8 Å². The molecule has 4 heteroatoms. The van der Waals surface area contributed by atoms with Crippen molar-refractivity contribution in [3.05, 3.63) is 29.8 Å². The molecule has 0 heterocycles. The van der Waals surface area contributed by atoms with E-state index in [2.05, 4.69) is 24.4 Å². The van der Waals surface area contributed by atoms with Gasteiger partial charge in [0.15, 0.2) is 0 Å². The summed E-state index contributed by atoms with van der Waals surface area (Å²) in [4.78, 5) is 11.7. The van der Waals surface area contributed by atoms with Crippen molar-refractivity contribution < 1.29 is 4.79 Å². The van der Waals surface area contributed by atoms with Gasteiger partial charge in [0.1, 0.15) is 0 Å². The molecule has 0 fully saturated rings. The maximum absolute atomic E-state index is 11.7. The van der Waals surface area contributed by atoms with Crippen LogP contribution in [-0.4, -0.2) is 24.0 Å². The number of benzene rings is 1. The number of hydrogen-bond acceptors (Lipinski definition) is 3. The van der Waals surface area contributed by atoms with E-state index in [-0.39, 0.29) is 5.91 Å². The fourth-order valence-corrected chi connectivity index (χ4v) is 2.46. The lowest BCUT2D eigenvalue weighted by atomic mass is 10.1. The number of hydrogen-bond donors (Lipinski definition) is 2. The molecule has 3 nitrogen and oxygen atoms in total. The zero-order chi connectivity index (χ0) is 13.9. The average Bonchev–Trinajstić information content (AvgIpc) is 2.43. The molecular formula is C15H24N2OS. The number of carbonyl (C=O) groups excluding carboxylic acids is 1. The Hall–Kier alpha value is -1.00. The molecule has 0 bridgehead atoms. The van der Waals surface area contributed by atoms with E-state index in [0.717, 1.165) is 24.3 Å². The molecular weight excluding hydrogens is 256 g/mol. The van der Waals surface area contributed by atoms with Crippen molar-refractivity contribution in [3.63, 3.8) is 0 Å². The van der Waals surface area contributed by atoms with Gasteiger partial charge in [0.2, 0.25) is 5.91 Å². The van der Waals surface area contributed by atoms with E-state index in [1.54, 1.807) is 11.8 Å². The number of aryl methyl sites for hydroxylation is 1. The molecule has 0 atom stereocenters. The third-order valence-corrected chi connectivity index (χ3v) is 3.83. The van der Waals surface area contributed by atoms with E-state index in [1.165, 1.54) is 18.4 Å². The van der Waals surface area contributed by atoms with E-state index in [9.17, 15) is 4.79 Å². The van der Waals surface area contributed by atoms with Gasteiger partial charge in [0, 0.05) is 5.69 Å². The summed E-state index contributed by atoms with van der Waals surface area (Å²) in [5.41, 5.74) is 7.61. The first-order valence-electron chi connectivity index (χ1n) is 6.93. The molecule has 0 aliphatic heterocycles. The number of thioether (sulfide) groups is 1. The summed E-state index contributed by atoms with van der Waals surface area (Å²) in [5.74, 6) is 1.50. The summed E-state index contributed by atoms with van der Waals surface area (Å²) in [6.45, 7) is 2.88. The van der Waals surface area contributed by atoms with Gasteiger partial charge in [-0.15, -0.1) is 0 Å². The van der Waals surface area contributed by atoms with Crippen LogP contribution in [0.3, 0.4) is 0 Å². The molecule has 1 amide bonds. The highest BCUT2D eigenvalue weighted by Gasteiger charge is 2.02. The van der Waals surface area contributed by atoms with Gasteiger partial charge in [-0.25, -0.2) is 0 Å². The Balaban J connectivity index is 2.29. The second-order valence-electron chi connectivity index (χ2n) is 4.54. The number of amides is 1. The third-order valence-electron chi connectivity index (χ3n) is 2.78. The standard InChI is InChI=1S/C15H24N2OS/c1-2-3-5-13-6-8-14(9-7-13)17-15(18)12-19-11-4-10-16/h6-9H,2-5,10-12,16H2,1H3,(H,17,18). The topological polar surface area (TPSA) is 55.1 Å². The number of carbonyl (C=O) groups is 1. The monoisotopic (exact) mass is 280 g/mol. The van der Waals surface area contributed by atoms with Gasteiger partial charge in [0.05, 0.1) is 5.75 Å². The molecule has 19 heavy (non-hydrogen) atoms. The van der Waals surface area contributed by atoms with Crippen molar-refractivity contribution >= 4 is 23.4 Å². The molecule has 0 radical (unpaired) electrons. The van der Waals surface area contributed by atoms with Gasteiger partial charge < -0.3 is 11.1 Å². The Bertz CT molecular complexity index is 365. The van der Waals surface area contributed by atoms with Crippen molar-refractivity contribution in [2.45, 2.75) is 32.6 Å². The zero-order valence-corrected chi connectivity index (χ0v) is 12.5. The van der Waals surface area contributed by atoms with Gasteiger partial charge in [0.25, 0.3) is 0 Å². The zero-order valence-electron chi connectivity index (χ0n) is 11.7. The fraction of sp³-hybridized carbons (Fsp3) is 0.533. The van der Waals surface area contributed by atoms with E-state index in [4.69, 9.17) is 5.73 Å². The highest BCUT2D eigenvalue weighted by atomic mass is 32.2. The summed E-state index contributed by atoms with van der Waals surface area (Å²) >= 11 is 1.63. The first-order valence-corrected chi connectivity index (χ1v) is 8.08. The van der Waals surface area contributed by atoms with Crippen LogP contribution in [0.1, 0.15) is 31.7 Å². The van der Waals surface area contributed by atoms with Gasteiger partial charge in [-0.2, -0.15) is 11.8 Å². The Morgan fingerprint density at radius 2 is 2.00 bits per heavy atom. The summed E-state index contributed by atoms with van der Waals surface area (Å²) < 4.78 is 0. The van der Waals surface area contributed by atoms with Crippen LogP contribution in [-0.2, 0) is 11.2 Å². The van der Waals surface area contributed by atoms with Crippen molar-refractivity contribution in [3.8, 4) is 0 Å². The lowest BCUT2D eigenvalue weighted by Crippen LogP contribution is -2.14. The van der Waals surface area contributed by atoms with Gasteiger partial charge in [-0.05, 0) is 49.3 Å². The van der Waals surface area contributed by atoms with Crippen molar-refractivity contribution in [2.24, 2.45) is 5.73 Å². The van der Waals surface area contributed by atoms with Gasteiger partial charge in [-0.3, -0.25) is 4.79 Å². The van der Waals surface area contributed by atoms with Gasteiger partial charge >= 0.3 is 0 Å². The van der Waals surface area contributed by atoms with Crippen LogP contribution in [0, 0.1) is 0 Å². The number of nitrogens with two attached hydrogens (primary N) is 1. The van der Waals surface area contributed by atoms with Gasteiger partial charge in [-0.1, -0.05) is 25.5 Å². The van der Waals surface area contributed by atoms with E-state index in [1.807, 2.05) is 12.1 Å². The molecule has 0 spiro atoms. The Kier molecular flexibility index (Phi) is 8.34. The predicted octanol–water partition coefficient (Wildman–Crippen LogP) is 3.05. The Morgan fingerprint density at radius 3 is 2.63 bits per heavy atom. The quantitative estimate of drug-likeness (QED) is 0.684. The van der Waals surface area contributed by atoms with Crippen molar-refractivity contribution in [1.82, 2.24) is 0 Å². The summed E-state index contributed by atoms with van der Waals surface area (Å²) in [5, 5.41) is 2.91. The second kappa shape index (κ2) is 9.87. The maximum atomic E-state index is 11.7. The molecule has 1 rings (SSSR count). The van der Waals surface area contributed by atoms with Crippen LogP contribution in [0.4, 0.5) is 5.69 Å². The molecule has 0 unspecified atom stereocenters. The average molecular weight is 280 g/mol. The van der Waals surface area contributed by atoms with Crippen LogP contribution < -0.4 is 11.1 Å². The van der Waals surface area contributed by atoms with Crippen LogP contribution in [0.5, 0.6) is 0 Å². The highest BCUT2D eigenvalue weighted by Crippen LogP contribution is 2.12. The lowest BCUT2D eigenvalue weighted by Gasteiger charge is -2.06. The molecule has 0 saturated carbocycles. The summed E-state index contributed by atoms with van der Waals surface area (Å²) in [7, 11) is 0. The number of nitrogens with one attached hydrogen (secondary N) is 1. The number of unbranched alkanes of at least 4 members (excludes halogenated alkanes) is 1. The highest BCUT2D eigenvalue weighted by molar-refractivity contribution is 7.99. The molecule has 106 valence electrons. The molecule has 0 aromatic heterocycles. The molecule has 1 aromatic carbocycles. The minimum atomic E-state index is 0.0586. The van der Waals surface area contributed by atoms with Crippen molar-refractivity contribution in [2.75, 3.05) is 23.4 Å². The number of rotatable bonds is 9. The maximum Gasteiger partial charge on any atom is 0.234 e. The summed E-state index contributed by atoms with van der Waals surface area (Å²) in [6.07, 6.45) is 4.49. The molecule has 3 N–H and O–H groups in total. The Labute approximate surface area is 120 Å².